The first-order valence-electron chi connectivity index (χ1n) is 9.64. The van der Waals surface area contributed by atoms with Crippen LogP contribution in [0.15, 0.2) is 12.3 Å². The Morgan fingerprint density at radius 1 is 1.32 bits per heavy atom. The third-order valence-corrected chi connectivity index (χ3v) is 5.50. The molecule has 0 radical (unpaired) electrons. The molecule has 0 aliphatic carbocycles. The van der Waals surface area contributed by atoms with Crippen molar-refractivity contribution in [3.05, 3.63) is 23.8 Å². The van der Waals surface area contributed by atoms with E-state index in [-0.39, 0.29) is 6.61 Å². The highest BCUT2D eigenvalue weighted by molar-refractivity contribution is 5.77. The van der Waals surface area contributed by atoms with Crippen molar-refractivity contribution < 1.29 is 9.90 Å². The Morgan fingerprint density at radius 2 is 2.20 bits per heavy atom. The molecule has 1 aromatic rings. The van der Waals surface area contributed by atoms with Crippen LogP contribution >= 0.6 is 0 Å². The summed E-state index contributed by atoms with van der Waals surface area (Å²) in [6, 6.07) is 2.39. The van der Waals surface area contributed by atoms with Crippen LogP contribution in [0.2, 0.25) is 0 Å². The maximum absolute atomic E-state index is 12.3. The Kier molecular flexibility index (Phi) is 6.37. The van der Waals surface area contributed by atoms with Crippen molar-refractivity contribution in [3.63, 3.8) is 0 Å². The Bertz CT molecular complexity index is 580. The fraction of sp³-hybridized carbons (Fsp3) is 0.737. The Labute approximate surface area is 150 Å². The summed E-state index contributed by atoms with van der Waals surface area (Å²) in [5.41, 5.74) is 1.09. The molecule has 2 atom stereocenters. The molecule has 6 nitrogen and oxygen atoms in total. The van der Waals surface area contributed by atoms with Gasteiger partial charge in [0.25, 0.3) is 0 Å². The number of hydrogen-bond acceptors (Lipinski definition) is 5. The number of likely N-dealkylation sites (tertiary alicyclic amines) is 2. The molecule has 2 fully saturated rings. The van der Waals surface area contributed by atoms with E-state index in [1.807, 2.05) is 12.3 Å². The lowest BCUT2D eigenvalue weighted by Crippen LogP contribution is -2.56. The van der Waals surface area contributed by atoms with Crippen LogP contribution in [-0.2, 0) is 17.8 Å². The van der Waals surface area contributed by atoms with E-state index in [4.69, 9.17) is 5.11 Å². The molecule has 2 saturated heterocycles. The summed E-state index contributed by atoms with van der Waals surface area (Å²) in [4.78, 5) is 25.8. The number of aliphatic hydroxyl groups excluding tert-OH is 1. The summed E-state index contributed by atoms with van der Waals surface area (Å²) in [6.45, 7) is 6.01. The molecule has 0 aromatic carbocycles. The average molecular weight is 346 g/mol. The highest BCUT2D eigenvalue weighted by Crippen LogP contribution is 2.32. The molecule has 1 N–H and O–H groups in total. The van der Waals surface area contributed by atoms with E-state index in [1.165, 1.54) is 0 Å². The van der Waals surface area contributed by atoms with Gasteiger partial charge in [0.15, 0.2) is 0 Å². The molecule has 1 aromatic heterocycles. The first-order chi connectivity index (χ1) is 12.2. The Morgan fingerprint density at radius 3 is 3.00 bits per heavy atom. The molecular weight excluding hydrogens is 316 g/mol. The standard InChI is InChI=1S/C19H30N4O2/c1-2-18-20-9-7-16(21-18)14-22-11-8-17-15(13-22)5-6-19(25)23(17)10-3-4-12-24/h7,9,15,17,24H,2-6,8,10-14H2,1H3. The van der Waals surface area contributed by atoms with Crippen LogP contribution in [0.3, 0.4) is 0 Å². The molecule has 138 valence electrons. The number of rotatable bonds is 7. The molecule has 0 spiro atoms. The van der Waals surface area contributed by atoms with Crippen molar-refractivity contribution >= 4 is 5.91 Å². The van der Waals surface area contributed by atoms with Gasteiger partial charge >= 0.3 is 0 Å². The highest BCUT2D eigenvalue weighted by Gasteiger charge is 2.38. The number of amides is 1. The van der Waals surface area contributed by atoms with Gasteiger partial charge in [0, 0.05) is 57.9 Å². The minimum Gasteiger partial charge on any atom is -0.396 e. The molecule has 1 amide bonds. The van der Waals surface area contributed by atoms with Gasteiger partial charge in [0.05, 0.1) is 5.69 Å². The van der Waals surface area contributed by atoms with Crippen molar-refractivity contribution in [1.29, 1.82) is 0 Å². The predicted octanol–water partition coefficient (Wildman–Crippen LogP) is 1.62. The smallest absolute Gasteiger partial charge is 0.222 e. The number of unbranched alkanes of at least 4 members (excludes halogenated alkanes) is 1. The van der Waals surface area contributed by atoms with E-state index >= 15 is 0 Å². The summed E-state index contributed by atoms with van der Waals surface area (Å²) < 4.78 is 0. The number of nitrogens with zero attached hydrogens (tertiary/aromatic N) is 4. The minimum absolute atomic E-state index is 0.211. The minimum atomic E-state index is 0.211. The summed E-state index contributed by atoms with van der Waals surface area (Å²) >= 11 is 0. The molecule has 0 bridgehead atoms. The second-order valence-corrected chi connectivity index (χ2v) is 7.23. The van der Waals surface area contributed by atoms with Crippen LogP contribution in [0, 0.1) is 5.92 Å². The van der Waals surface area contributed by atoms with Crippen LogP contribution in [0.1, 0.15) is 50.5 Å². The number of carbonyl (C=O) groups excluding carboxylic acids is 1. The van der Waals surface area contributed by atoms with Gasteiger partial charge in [0.1, 0.15) is 5.82 Å². The summed E-state index contributed by atoms with van der Waals surface area (Å²) in [7, 11) is 0. The van der Waals surface area contributed by atoms with Gasteiger partial charge in [-0.25, -0.2) is 9.97 Å². The third-order valence-electron chi connectivity index (χ3n) is 5.50. The molecule has 2 unspecified atom stereocenters. The van der Waals surface area contributed by atoms with Crippen LogP contribution in [0.5, 0.6) is 0 Å². The number of aliphatic hydroxyl groups is 1. The van der Waals surface area contributed by atoms with Crippen molar-refractivity contribution in [1.82, 2.24) is 19.8 Å². The lowest BCUT2D eigenvalue weighted by Gasteiger charge is -2.47. The quantitative estimate of drug-likeness (QED) is 0.760. The van der Waals surface area contributed by atoms with E-state index in [9.17, 15) is 4.79 Å². The second-order valence-electron chi connectivity index (χ2n) is 7.23. The normalized spacial score (nSPS) is 24.4. The fourth-order valence-electron chi connectivity index (χ4n) is 4.18. The maximum atomic E-state index is 12.3. The molecule has 2 aliphatic rings. The van der Waals surface area contributed by atoms with E-state index in [2.05, 4.69) is 26.7 Å². The zero-order valence-corrected chi connectivity index (χ0v) is 15.2. The van der Waals surface area contributed by atoms with Gasteiger partial charge in [-0.2, -0.15) is 0 Å². The molecule has 3 rings (SSSR count). The SMILES string of the molecule is CCc1nccc(CN2CCC3C(CCC(=O)N3CCCCO)C2)n1. The highest BCUT2D eigenvalue weighted by atomic mass is 16.3. The van der Waals surface area contributed by atoms with E-state index in [0.29, 0.717) is 24.3 Å². The zero-order valence-electron chi connectivity index (χ0n) is 15.2. The van der Waals surface area contributed by atoms with Gasteiger partial charge < -0.3 is 10.0 Å². The average Bonchev–Trinajstić information content (AvgIpc) is 2.64. The van der Waals surface area contributed by atoms with Crippen molar-refractivity contribution in [3.8, 4) is 0 Å². The van der Waals surface area contributed by atoms with Gasteiger partial charge in [-0.15, -0.1) is 0 Å². The summed E-state index contributed by atoms with van der Waals surface area (Å²) in [6.07, 6.45) is 7.11. The number of aromatic nitrogens is 2. The van der Waals surface area contributed by atoms with Crippen LogP contribution in [0.4, 0.5) is 0 Å². The second kappa shape index (κ2) is 8.72. The maximum Gasteiger partial charge on any atom is 0.222 e. The number of piperidine rings is 2. The lowest BCUT2D eigenvalue weighted by atomic mass is 9.83. The predicted molar refractivity (Wildman–Crippen MR) is 95.8 cm³/mol. The third kappa shape index (κ3) is 4.55. The number of hydrogen-bond donors (Lipinski definition) is 1. The topological polar surface area (TPSA) is 69.6 Å². The summed E-state index contributed by atoms with van der Waals surface area (Å²) in [5.74, 6) is 1.77. The summed E-state index contributed by atoms with van der Waals surface area (Å²) in [5, 5.41) is 8.99. The first kappa shape index (κ1) is 18.3. The van der Waals surface area contributed by atoms with E-state index in [1.54, 1.807) is 0 Å². The monoisotopic (exact) mass is 346 g/mol. The number of aryl methyl sites for hydroxylation is 1. The van der Waals surface area contributed by atoms with Gasteiger partial charge in [0.2, 0.25) is 5.91 Å². The molecule has 25 heavy (non-hydrogen) atoms. The molecule has 6 heteroatoms. The Balaban J connectivity index is 1.58. The van der Waals surface area contributed by atoms with Crippen LogP contribution < -0.4 is 0 Å². The number of carbonyl (C=O) groups is 1. The number of fused-ring (bicyclic) bond motifs is 1. The van der Waals surface area contributed by atoms with Gasteiger partial charge in [-0.3, -0.25) is 9.69 Å². The first-order valence-corrected chi connectivity index (χ1v) is 9.64. The molecule has 0 saturated carbocycles. The fourth-order valence-corrected chi connectivity index (χ4v) is 4.18. The van der Waals surface area contributed by atoms with Gasteiger partial charge in [-0.1, -0.05) is 6.92 Å². The Hall–Kier alpha value is -1.53. The molecule has 2 aliphatic heterocycles. The van der Waals surface area contributed by atoms with Crippen LogP contribution in [0.25, 0.3) is 0 Å². The van der Waals surface area contributed by atoms with Crippen LogP contribution in [-0.4, -0.2) is 63.1 Å². The van der Waals surface area contributed by atoms with E-state index < -0.39 is 0 Å². The van der Waals surface area contributed by atoms with Gasteiger partial charge in [-0.05, 0) is 37.7 Å². The molecule has 3 heterocycles. The molecular formula is C19H30N4O2. The van der Waals surface area contributed by atoms with Crippen molar-refractivity contribution in [2.24, 2.45) is 5.92 Å². The van der Waals surface area contributed by atoms with E-state index in [0.717, 1.165) is 69.8 Å². The lowest BCUT2D eigenvalue weighted by molar-refractivity contribution is -0.141. The van der Waals surface area contributed by atoms with Crippen molar-refractivity contribution in [2.75, 3.05) is 26.2 Å². The largest absolute Gasteiger partial charge is 0.396 e. The van der Waals surface area contributed by atoms with Crippen molar-refractivity contribution in [2.45, 2.75) is 58.0 Å². The zero-order chi connectivity index (χ0) is 17.6.